The average Bonchev–Trinajstić information content (AvgIpc) is 3.03. The number of hydrogen-bond donors (Lipinski definition) is 1. The van der Waals surface area contributed by atoms with Crippen LogP contribution in [0.15, 0.2) is 36.5 Å². The topological polar surface area (TPSA) is 67.6 Å². The lowest BCUT2D eigenvalue weighted by Gasteiger charge is -2.34. The molecule has 26 heavy (non-hydrogen) atoms. The van der Waals surface area contributed by atoms with Crippen molar-refractivity contribution in [1.29, 1.82) is 0 Å². The van der Waals surface area contributed by atoms with Crippen molar-refractivity contribution in [3.63, 3.8) is 0 Å². The Labute approximate surface area is 153 Å². The predicted octanol–water partition coefficient (Wildman–Crippen LogP) is 2.23. The summed E-state index contributed by atoms with van der Waals surface area (Å²) in [6, 6.07) is 10.3. The summed E-state index contributed by atoms with van der Waals surface area (Å²) in [6.07, 6.45) is 1.86. The van der Waals surface area contributed by atoms with E-state index in [1.807, 2.05) is 48.8 Å². The molecular formula is C19H24N6O. The van der Waals surface area contributed by atoms with E-state index in [1.54, 1.807) is 0 Å². The van der Waals surface area contributed by atoms with Crippen LogP contribution < -0.4 is 5.32 Å². The smallest absolute Gasteiger partial charge is 0.157 e. The van der Waals surface area contributed by atoms with E-state index in [9.17, 15) is 0 Å². The number of ether oxygens (including phenoxy) is 1. The van der Waals surface area contributed by atoms with Gasteiger partial charge in [0.05, 0.1) is 30.6 Å². The van der Waals surface area contributed by atoms with Gasteiger partial charge in [-0.2, -0.15) is 9.61 Å². The number of hydrogen-bond acceptors (Lipinski definition) is 6. The van der Waals surface area contributed by atoms with Crippen molar-refractivity contribution in [2.45, 2.75) is 19.9 Å². The molecule has 1 saturated heterocycles. The summed E-state index contributed by atoms with van der Waals surface area (Å²) in [5, 5.41) is 8.14. The molecule has 1 aliphatic rings. The zero-order valence-electron chi connectivity index (χ0n) is 15.2. The molecule has 0 radical (unpaired) electrons. The van der Waals surface area contributed by atoms with E-state index >= 15 is 0 Å². The number of nitrogens with zero attached hydrogens (tertiary/aromatic N) is 5. The Hall–Kier alpha value is -2.51. The molecule has 0 aromatic carbocycles. The van der Waals surface area contributed by atoms with Crippen LogP contribution in [0.3, 0.4) is 0 Å². The molecule has 7 heteroatoms. The molecule has 136 valence electrons. The Bertz CT molecular complexity index is 872. The van der Waals surface area contributed by atoms with Gasteiger partial charge in [-0.05, 0) is 26.0 Å². The van der Waals surface area contributed by atoms with E-state index in [4.69, 9.17) is 4.74 Å². The monoisotopic (exact) mass is 352 g/mol. The van der Waals surface area contributed by atoms with Gasteiger partial charge in [0.1, 0.15) is 5.82 Å². The summed E-state index contributed by atoms with van der Waals surface area (Å²) in [7, 11) is 0. The number of nitrogens with one attached hydrogen (secondary N) is 1. The minimum Gasteiger partial charge on any atom is -0.379 e. The predicted molar refractivity (Wildman–Crippen MR) is 100 cm³/mol. The Morgan fingerprint density at radius 3 is 2.77 bits per heavy atom. The van der Waals surface area contributed by atoms with Gasteiger partial charge in [-0.1, -0.05) is 6.07 Å². The number of aryl methyl sites for hydroxylation is 2. The van der Waals surface area contributed by atoms with Crippen molar-refractivity contribution < 1.29 is 4.74 Å². The lowest BCUT2D eigenvalue weighted by atomic mass is 10.1. The Morgan fingerprint density at radius 2 is 2.00 bits per heavy atom. The summed E-state index contributed by atoms with van der Waals surface area (Å²) in [6.45, 7) is 8.09. The standard InChI is InChI=1S/C19H24N6O/c1-14-11-18(25-19(22-14)12-15(2)23-25)21-13-17(16-5-3-4-6-20-16)24-7-9-26-10-8-24/h3-6,11-12,17,21H,7-10,13H2,1-2H3/t17-/m0/s1. The molecule has 1 aliphatic heterocycles. The van der Waals surface area contributed by atoms with Gasteiger partial charge in [-0.15, -0.1) is 0 Å². The molecular weight excluding hydrogens is 328 g/mol. The van der Waals surface area contributed by atoms with Crippen molar-refractivity contribution in [2.24, 2.45) is 0 Å². The Balaban J connectivity index is 1.60. The molecule has 0 bridgehead atoms. The molecule has 0 spiro atoms. The summed E-state index contributed by atoms with van der Waals surface area (Å²) >= 11 is 0. The molecule has 0 unspecified atom stereocenters. The molecule has 0 aliphatic carbocycles. The lowest BCUT2D eigenvalue weighted by Crippen LogP contribution is -2.42. The van der Waals surface area contributed by atoms with E-state index in [0.29, 0.717) is 0 Å². The van der Waals surface area contributed by atoms with Gasteiger partial charge in [0, 0.05) is 43.7 Å². The number of fused-ring (bicyclic) bond motifs is 1. The maximum atomic E-state index is 5.52. The number of aromatic nitrogens is 4. The molecule has 3 aromatic rings. The lowest BCUT2D eigenvalue weighted by molar-refractivity contribution is 0.0179. The highest BCUT2D eigenvalue weighted by Gasteiger charge is 2.23. The normalized spacial score (nSPS) is 16.7. The largest absolute Gasteiger partial charge is 0.379 e. The second-order valence-electron chi connectivity index (χ2n) is 6.64. The first kappa shape index (κ1) is 16.9. The summed E-state index contributed by atoms with van der Waals surface area (Å²) in [5.41, 5.74) is 3.87. The number of pyridine rings is 1. The highest BCUT2D eigenvalue weighted by molar-refractivity contribution is 5.50. The Morgan fingerprint density at radius 1 is 1.15 bits per heavy atom. The van der Waals surface area contributed by atoms with Gasteiger partial charge in [0.2, 0.25) is 0 Å². The van der Waals surface area contributed by atoms with Crippen LogP contribution in [0.25, 0.3) is 5.65 Å². The molecule has 4 heterocycles. The van der Waals surface area contributed by atoms with E-state index in [-0.39, 0.29) is 6.04 Å². The number of morpholine rings is 1. The summed E-state index contributed by atoms with van der Waals surface area (Å²) in [4.78, 5) is 11.6. The van der Waals surface area contributed by atoms with Gasteiger partial charge in [-0.25, -0.2) is 4.98 Å². The van der Waals surface area contributed by atoms with Gasteiger partial charge in [0.25, 0.3) is 0 Å². The third-order valence-corrected chi connectivity index (χ3v) is 4.67. The van der Waals surface area contributed by atoms with E-state index in [1.165, 1.54) is 0 Å². The third-order valence-electron chi connectivity index (χ3n) is 4.67. The minimum atomic E-state index is 0.181. The first-order chi connectivity index (χ1) is 12.7. The number of rotatable bonds is 5. The van der Waals surface area contributed by atoms with Crippen LogP contribution in [0.5, 0.6) is 0 Å². The fourth-order valence-corrected chi connectivity index (χ4v) is 3.42. The molecule has 1 atom stereocenters. The zero-order chi connectivity index (χ0) is 17.9. The van der Waals surface area contributed by atoms with Crippen molar-refractivity contribution >= 4 is 11.5 Å². The SMILES string of the molecule is Cc1cc(NC[C@@H](c2ccccn2)N2CCOCC2)n2nc(C)cc2n1. The van der Waals surface area contributed by atoms with Crippen LogP contribution in [0.4, 0.5) is 5.82 Å². The summed E-state index contributed by atoms with van der Waals surface area (Å²) < 4.78 is 7.39. The molecule has 7 nitrogen and oxygen atoms in total. The van der Waals surface area contributed by atoms with Crippen molar-refractivity contribution in [3.05, 3.63) is 53.6 Å². The second kappa shape index (κ2) is 7.39. The van der Waals surface area contributed by atoms with Crippen molar-refractivity contribution in [2.75, 3.05) is 38.2 Å². The fraction of sp³-hybridized carbons (Fsp3) is 0.421. The van der Waals surface area contributed by atoms with Gasteiger partial charge < -0.3 is 10.1 Å². The zero-order valence-corrected chi connectivity index (χ0v) is 15.2. The van der Waals surface area contributed by atoms with Crippen LogP contribution in [0.2, 0.25) is 0 Å². The molecule has 3 aromatic heterocycles. The molecule has 1 N–H and O–H groups in total. The fourth-order valence-electron chi connectivity index (χ4n) is 3.42. The molecule has 1 fully saturated rings. The second-order valence-corrected chi connectivity index (χ2v) is 6.64. The molecule has 0 amide bonds. The van der Waals surface area contributed by atoms with Gasteiger partial charge >= 0.3 is 0 Å². The third kappa shape index (κ3) is 3.54. The van der Waals surface area contributed by atoms with E-state index in [0.717, 1.165) is 61.4 Å². The maximum Gasteiger partial charge on any atom is 0.157 e. The highest BCUT2D eigenvalue weighted by Crippen LogP contribution is 2.22. The summed E-state index contributed by atoms with van der Waals surface area (Å²) in [5.74, 6) is 0.954. The highest BCUT2D eigenvalue weighted by atomic mass is 16.5. The van der Waals surface area contributed by atoms with Gasteiger partial charge in [0.15, 0.2) is 5.65 Å². The number of anilines is 1. The van der Waals surface area contributed by atoms with Crippen LogP contribution in [0.1, 0.15) is 23.1 Å². The van der Waals surface area contributed by atoms with Crippen LogP contribution >= 0.6 is 0 Å². The Kier molecular flexibility index (Phi) is 4.81. The van der Waals surface area contributed by atoms with Crippen LogP contribution in [-0.2, 0) is 4.74 Å². The maximum absolute atomic E-state index is 5.52. The van der Waals surface area contributed by atoms with Crippen LogP contribution in [-0.4, -0.2) is 57.3 Å². The first-order valence-electron chi connectivity index (χ1n) is 9.01. The van der Waals surface area contributed by atoms with Crippen LogP contribution in [0, 0.1) is 13.8 Å². The minimum absolute atomic E-state index is 0.181. The van der Waals surface area contributed by atoms with Gasteiger partial charge in [-0.3, -0.25) is 9.88 Å². The average molecular weight is 352 g/mol. The molecule has 4 rings (SSSR count). The molecule has 0 saturated carbocycles. The van der Waals surface area contributed by atoms with Crippen molar-refractivity contribution in [1.82, 2.24) is 24.5 Å². The van der Waals surface area contributed by atoms with Crippen molar-refractivity contribution in [3.8, 4) is 0 Å². The first-order valence-corrected chi connectivity index (χ1v) is 9.01. The van der Waals surface area contributed by atoms with E-state index in [2.05, 4.69) is 31.3 Å². The van der Waals surface area contributed by atoms with E-state index < -0.39 is 0 Å². The quantitative estimate of drug-likeness (QED) is 0.759.